The highest BCUT2D eigenvalue weighted by molar-refractivity contribution is 5.81. The van der Waals surface area contributed by atoms with Crippen molar-refractivity contribution in [2.24, 2.45) is 0 Å². The zero-order valence-corrected chi connectivity index (χ0v) is 16.7. The van der Waals surface area contributed by atoms with Crippen LogP contribution < -0.4 is 10.1 Å². The summed E-state index contributed by atoms with van der Waals surface area (Å²) in [4.78, 5) is 12.4. The number of rotatable bonds is 8. The molecule has 0 radical (unpaired) electrons. The molecular formula is C23H30FNO2. The maximum atomic E-state index is 12.9. The summed E-state index contributed by atoms with van der Waals surface area (Å²) in [6, 6.07) is 14.4. The Hall–Kier alpha value is -2.36. The Bertz CT molecular complexity index is 718. The lowest BCUT2D eigenvalue weighted by Gasteiger charge is -2.21. The topological polar surface area (TPSA) is 38.3 Å². The van der Waals surface area contributed by atoms with Gasteiger partial charge in [-0.05, 0) is 60.1 Å². The van der Waals surface area contributed by atoms with Crippen LogP contribution in [0.1, 0.15) is 51.7 Å². The Balaban J connectivity index is 1.80. The molecule has 1 atom stereocenters. The van der Waals surface area contributed by atoms with Crippen molar-refractivity contribution in [2.75, 3.05) is 6.54 Å². The van der Waals surface area contributed by atoms with Crippen LogP contribution in [0.15, 0.2) is 48.5 Å². The number of ether oxygens (including phenoxy) is 1. The first-order chi connectivity index (χ1) is 12.8. The number of carbonyl (C=O) groups excluding carboxylic acids is 1. The number of aryl methyl sites for hydroxylation is 1. The van der Waals surface area contributed by atoms with E-state index in [2.05, 4.69) is 26.1 Å². The molecule has 0 saturated heterocycles. The van der Waals surface area contributed by atoms with Gasteiger partial charge in [0.2, 0.25) is 0 Å². The number of halogens is 1. The fourth-order valence-corrected chi connectivity index (χ4v) is 2.79. The van der Waals surface area contributed by atoms with Gasteiger partial charge in [0.25, 0.3) is 5.91 Å². The summed E-state index contributed by atoms with van der Waals surface area (Å²) in [5, 5.41) is 2.93. The zero-order valence-electron chi connectivity index (χ0n) is 16.7. The lowest BCUT2D eigenvalue weighted by atomic mass is 9.87. The Morgan fingerprint density at radius 1 is 1.07 bits per heavy atom. The number of nitrogens with one attached hydrogen (secondary N) is 1. The highest BCUT2D eigenvalue weighted by atomic mass is 19.1. The third-order valence-corrected chi connectivity index (χ3v) is 4.52. The largest absolute Gasteiger partial charge is 0.481 e. The monoisotopic (exact) mass is 371 g/mol. The van der Waals surface area contributed by atoms with Crippen LogP contribution in [-0.4, -0.2) is 18.6 Å². The van der Waals surface area contributed by atoms with E-state index in [0.29, 0.717) is 18.7 Å². The van der Waals surface area contributed by atoms with E-state index in [1.165, 1.54) is 17.7 Å². The molecule has 4 heteroatoms. The van der Waals surface area contributed by atoms with Gasteiger partial charge in [0.15, 0.2) is 6.10 Å². The SMILES string of the molecule is CCC(Oc1ccc(C(C)(C)C)cc1)C(=O)NCCCc1ccc(F)cc1. The van der Waals surface area contributed by atoms with Crippen LogP contribution in [0.4, 0.5) is 4.39 Å². The summed E-state index contributed by atoms with van der Waals surface area (Å²) >= 11 is 0. The first-order valence-electron chi connectivity index (χ1n) is 9.59. The second-order valence-electron chi connectivity index (χ2n) is 7.81. The maximum Gasteiger partial charge on any atom is 0.261 e. The average molecular weight is 371 g/mol. The predicted octanol–water partition coefficient (Wildman–Crippen LogP) is 5.03. The second kappa shape index (κ2) is 9.54. The van der Waals surface area contributed by atoms with Gasteiger partial charge in [0.1, 0.15) is 11.6 Å². The lowest BCUT2D eigenvalue weighted by molar-refractivity contribution is -0.128. The normalized spacial score (nSPS) is 12.5. The van der Waals surface area contributed by atoms with Crippen LogP contribution in [-0.2, 0) is 16.6 Å². The summed E-state index contributed by atoms with van der Waals surface area (Å²) < 4.78 is 18.8. The van der Waals surface area contributed by atoms with E-state index in [1.807, 2.05) is 31.2 Å². The number of hydrogen-bond donors (Lipinski definition) is 1. The molecule has 1 unspecified atom stereocenters. The molecule has 0 fully saturated rings. The van der Waals surface area contributed by atoms with Crippen molar-refractivity contribution in [1.29, 1.82) is 0 Å². The van der Waals surface area contributed by atoms with E-state index in [4.69, 9.17) is 4.74 Å². The first kappa shape index (κ1) is 20.9. The van der Waals surface area contributed by atoms with Gasteiger partial charge in [-0.1, -0.05) is 52.0 Å². The minimum absolute atomic E-state index is 0.0879. The van der Waals surface area contributed by atoms with Gasteiger partial charge in [-0.25, -0.2) is 4.39 Å². The Labute approximate surface area is 161 Å². The highest BCUT2D eigenvalue weighted by Crippen LogP contribution is 2.24. The van der Waals surface area contributed by atoms with Gasteiger partial charge < -0.3 is 10.1 Å². The molecule has 2 aromatic rings. The molecule has 0 heterocycles. The molecule has 1 N–H and O–H groups in total. The lowest BCUT2D eigenvalue weighted by Crippen LogP contribution is -2.38. The van der Waals surface area contributed by atoms with E-state index in [-0.39, 0.29) is 17.1 Å². The third kappa shape index (κ3) is 6.70. The van der Waals surface area contributed by atoms with E-state index in [1.54, 1.807) is 12.1 Å². The van der Waals surface area contributed by atoms with Crippen molar-refractivity contribution in [3.05, 3.63) is 65.5 Å². The summed E-state index contributed by atoms with van der Waals surface area (Å²) in [7, 11) is 0. The molecule has 3 nitrogen and oxygen atoms in total. The fraction of sp³-hybridized carbons (Fsp3) is 0.435. The molecule has 2 rings (SSSR count). The van der Waals surface area contributed by atoms with Gasteiger partial charge in [-0.2, -0.15) is 0 Å². The molecule has 0 aliphatic rings. The number of benzene rings is 2. The summed E-state index contributed by atoms with van der Waals surface area (Å²) in [5.41, 5.74) is 2.38. The van der Waals surface area contributed by atoms with Crippen molar-refractivity contribution in [3.63, 3.8) is 0 Å². The quantitative estimate of drug-likeness (QED) is 0.661. The van der Waals surface area contributed by atoms with Gasteiger partial charge >= 0.3 is 0 Å². The minimum Gasteiger partial charge on any atom is -0.481 e. The number of amides is 1. The average Bonchev–Trinajstić information content (AvgIpc) is 2.64. The highest BCUT2D eigenvalue weighted by Gasteiger charge is 2.18. The van der Waals surface area contributed by atoms with Gasteiger partial charge in [0, 0.05) is 6.54 Å². The standard InChI is InChI=1S/C23H30FNO2/c1-5-21(27-20-14-10-18(11-15-20)23(2,3)4)22(26)25-16-6-7-17-8-12-19(24)13-9-17/h8-15,21H,5-7,16H2,1-4H3,(H,25,26). The van der Waals surface area contributed by atoms with Crippen molar-refractivity contribution in [3.8, 4) is 5.75 Å². The summed E-state index contributed by atoms with van der Waals surface area (Å²) in [6.07, 6.45) is 1.70. The van der Waals surface area contributed by atoms with Crippen molar-refractivity contribution in [1.82, 2.24) is 5.32 Å². The molecule has 0 bridgehead atoms. The molecular weight excluding hydrogens is 341 g/mol. The van der Waals surface area contributed by atoms with Crippen LogP contribution in [0.25, 0.3) is 0 Å². The van der Waals surface area contributed by atoms with Crippen molar-refractivity contribution in [2.45, 2.75) is 58.5 Å². The van der Waals surface area contributed by atoms with Crippen LogP contribution in [0.2, 0.25) is 0 Å². The fourth-order valence-electron chi connectivity index (χ4n) is 2.79. The third-order valence-electron chi connectivity index (χ3n) is 4.52. The molecule has 0 aromatic heterocycles. The molecule has 146 valence electrons. The van der Waals surface area contributed by atoms with Crippen LogP contribution in [0.5, 0.6) is 5.75 Å². The summed E-state index contributed by atoms with van der Waals surface area (Å²) in [5.74, 6) is 0.373. The van der Waals surface area contributed by atoms with Crippen LogP contribution >= 0.6 is 0 Å². The van der Waals surface area contributed by atoms with Gasteiger partial charge in [-0.3, -0.25) is 4.79 Å². The minimum atomic E-state index is -0.503. The number of carbonyl (C=O) groups is 1. The van der Waals surface area contributed by atoms with Gasteiger partial charge in [0.05, 0.1) is 0 Å². The molecule has 27 heavy (non-hydrogen) atoms. The van der Waals surface area contributed by atoms with Crippen LogP contribution in [0, 0.1) is 5.82 Å². The molecule has 0 saturated carbocycles. The van der Waals surface area contributed by atoms with Crippen molar-refractivity contribution < 1.29 is 13.9 Å². The van der Waals surface area contributed by atoms with Crippen molar-refractivity contribution >= 4 is 5.91 Å². The molecule has 0 spiro atoms. The molecule has 0 aliphatic carbocycles. The smallest absolute Gasteiger partial charge is 0.261 e. The predicted molar refractivity (Wildman–Crippen MR) is 108 cm³/mol. The maximum absolute atomic E-state index is 12.9. The zero-order chi connectivity index (χ0) is 19.9. The molecule has 2 aromatic carbocycles. The van der Waals surface area contributed by atoms with E-state index in [0.717, 1.165) is 18.4 Å². The summed E-state index contributed by atoms with van der Waals surface area (Å²) in [6.45, 7) is 9.00. The Morgan fingerprint density at radius 3 is 2.26 bits per heavy atom. The molecule has 1 amide bonds. The van der Waals surface area contributed by atoms with E-state index in [9.17, 15) is 9.18 Å². The first-order valence-corrected chi connectivity index (χ1v) is 9.59. The van der Waals surface area contributed by atoms with E-state index < -0.39 is 6.10 Å². The Morgan fingerprint density at radius 2 is 1.70 bits per heavy atom. The second-order valence-corrected chi connectivity index (χ2v) is 7.81. The van der Waals surface area contributed by atoms with Crippen LogP contribution in [0.3, 0.4) is 0 Å². The van der Waals surface area contributed by atoms with E-state index >= 15 is 0 Å². The Kier molecular flexibility index (Phi) is 7.40. The number of hydrogen-bond acceptors (Lipinski definition) is 2. The molecule has 0 aliphatic heterocycles. The van der Waals surface area contributed by atoms with Gasteiger partial charge in [-0.15, -0.1) is 0 Å².